The molecule has 110 valence electrons. The molecule has 1 heterocycles. The van der Waals surface area contributed by atoms with E-state index in [1.54, 1.807) is 0 Å². The molecule has 0 aliphatic carbocycles. The second-order valence-electron chi connectivity index (χ2n) is 5.01. The van der Waals surface area contributed by atoms with Crippen LogP contribution in [0.2, 0.25) is 0 Å². The Balaban J connectivity index is 2.00. The monoisotopic (exact) mass is 354 g/mol. The van der Waals surface area contributed by atoms with E-state index in [9.17, 15) is 13.9 Å². The van der Waals surface area contributed by atoms with Crippen molar-refractivity contribution in [2.75, 3.05) is 6.61 Å². The molecule has 0 amide bonds. The average Bonchev–Trinajstić information content (AvgIpc) is 2.49. The molecule has 0 saturated heterocycles. The van der Waals surface area contributed by atoms with Gasteiger partial charge in [-0.3, -0.25) is 0 Å². The van der Waals surface area contributed by atoms with Crippen LogP contribution in [0, 0.1) is 11.6 Å². The predicted molar refractivity (Wildman–Crippen MR) is 78.3 cm³/mol. The number of hydrogen-bond donors (Lipinski definition) is 1. The zero-order valence-electron chi connectivity index (χ0n) is 11.0. The zero-order valence-corrected chi connectivity index (χ0v) is 12.6. The van der Waals surface area contributed by atoms with Crippen LogP contribution in [0.5, 0.6) is 5.75 Å². The van der Waals surface area contributed by atoms with Crippen molar-refractivity contribution in [2.45, 2.75) is 18.4 Å². The van der Waals surface area contributed by atoms with Gasteiger partial charge in [-0.15, -0.1) is 0 Å². The van der Waals surface area contributed by atoms with Crippen LogP contribution in [0.15, 0.2) is 40.9 Å². The van der Waals surface area contributed by atoms with E-state index in [1.165, 1.54) is 0 Å². The van der Waals surface area contributed by atoms with Crippen molar-refractivity contribution >= 4 is 15.9 Å². The smallest absolute Gasteiger partial charge is 0.137 e. The van der Waals surface area contributed by atoms with Crippen LogP contribution in [-0.4, -0.2) is 11.7 Å². The van der Waals surface area contributed by atoms with Gasteiger partial charge in [0.15, 0.2) is 0 Å². The number of hydrogen-bond acceptors (Lipinski definition) is 2. The van der Waals surface area contributed by atoms with E-state index < -0.39 is 17.7 Å². The van der Waals surface area contributed by atoms with Crippen LogP contribution in [0.25, 0.3) is 0 Å². The molecule has 0 saturated carbocycles. The third-order valence-corrected chi connectivity index (χ3v) is 4.35. The molecule has 2 aromatic carbocycles. The number of fused-ring (bicyclic) bond motifs is 1. The topological polar surface area (TPSA) is 29.5 Å². The van der Waals surface area contributed by atoms with Crippen molar-refractivity contribution in [3.8, 4) is 5.75 Å². The van der Waals surface area contributed by atoms with Gasteiger partial charge in [0.2, 0.25) is 0 Å². The Morgan fingerprint density at radius 3 is 2.76 bits per heavy atom. The van der Waals surface area contributed by atoms with Gasteiger partial charge in [0.1, 0.15) is 17.4 Å². The Morgan fingerprint density at radius 2 is 1.95 bits per heavy atom. The molecule has 2 aromatic rings. The molecule has 1 N–H and O–H groups in total. The molecule has 0 fully saturated rings. The standard InChI is InChI=1S/C16H13BrF2O2/c17-12-8-13(18)11(7-14(12)19)16(20)10-5-6-21-15-4-2-1-3-9(10)15/h1-4,7-8,10,16,20H,5-6H2. The van der Waals surface area contributed by atoms with Crippen molar-refractivity contribution in [2.24, 2.45) is 0 Å². The van der Waals surface area contributed by atoms with Crippen molar-refractivity contribution in [1.82, 2.24) is 0 Å². The van der Waals surface area contributed by atoms with Gasteiger partial charge in [0, 0.05) is 17.0 Å². The SMILES string of the molecule is OC(c1cc(F)c(Br)cc1F)C1CCOc2ccccc21. The van der Waals surface area contributed by atoms with Crippen LogP contribution < -0.4 is 4.74 Å². The summed E-state index contributed by atoms with van der Waals surface area (Å²) in [5.41, 5.74) is 0.788. The molecular weight excluding hydrogens is 342 g/mol. The third kappa shape index (κ3) is 2.68. The van der Waals surface area contributed by atoms with E-state index in [-0.39, 0.29) is 16.0 Å². The lowest BCUT2D eigenvalue weighted by molar-refractivity contribution is 0.113. The predicted octanol–water partition coefficient (Wildman–Crippen LogP) is 4.33. The molecular formula is C16H13BrF2O2. The minimum atomic E-state index is -1.11. The third-order valence-electron chi connectivity index (χ3n) is 3.74. The van der Waals surface area contributed by atoms with Gasteiger partial charge < -0.3 is 9.84 Å². The van der Waals surface area contributed by atoms with Gasteiger partial charge in [-0.1, -0.05) is 18.2 Å². The van der Waals surface area contributed by atoms with Crippen LogP contribution in [0.3, 0.4) is 0 Å². The fraction of sp³-hybridized carbons (Fsp3) is 0.250. The molecule has 21 heavy (non-hydrogen) atoms. The second kappa shape index (κ2) is 5.73. The van der Waals surface area contributed by atoms with Crippen LogP contribution in [-0.2, 0) is 0 Å². The van der Waals surface area contributed by atoms with E-state index in [0.29, 0.717) is 18.8 Å². The molecule has 0 aromatic heterocycles. The quantitative estimate of drug-likeness (QED) is 0.813. The zero-order chi connectivity index (χ0) is 15.0. The van der Waals surface area contributed by atoms with E-state index in [2.05, 4.69) is 15.9 Å². The summed E-state index contributed by atoms with van der Waals surface area (Å²) in [6, 6.07) is 9.42. The van der Waals surface area contributed by atoms with Crippen molar-refractivity contribution in [1.29, 1.82) is 0 Å². The van der Waals surface area contributed by atoms with Gasteiger partial charge >= 0.3 is 0 Å². The van der Waals surface area contributed by atoms with Gasteiger partial charge in [0.05, 0.1) is 17.2 Å². The van der Waals surface area contributed by atoms with Crippen molar-refractivity contribution in [3.63, 3.8) is 0 Å². The largest absolute Gasteiger partial charge is 0.493 e. The molecule has 0 spiro atoms. The van der Waals surface area contributed by atoms with E-state index in [0.717, 1.165) is 17.7 Å². The number of aliphatic hydroxyl groups is 1. The van der Waals surface area contributed by atoms with Crippen LogP contribution >= 0.6 is 15.9 Å². The molecule has 1 aliphatic heterocycles. The van der Waals surface area contributed by atoms with E-state index in [1.807, 2.05) is 24.3 Å². The normalized spacial score (nSPS) is 18.8. The lowest BCUT2D eigenvalue weighted by atomic mass is 9.85. The van der Waals surface area contributed by atoms with Crippen LogP contribution in [0.1, 0.15) is 29.6 Å². The molecule has 2 nitrogen and oxygen atoms in total. The summed E-state index contributed by atoms with van der Waals surface area (Å²) in [5, 5.41) is 10.5. The average molecular weight is 355 g/mol. The highest BCUT2D eigenvalue weighted by atomic mass is 79.9. The summed E-state index contributed by atoms with van der Waals surface area (Å²) >= 11 is 2.93. The van der Waals surface area contributed by atoms with Gasteiger partial charge in [-0.05, 0) is 40.5 Å². The van der Waals surface area contributed by atoms with E-state index in [4.69, 9.17) is 4.74 Å². The van der Waals surface area contributed by atoms with Crippen LogP contribution in [0.4, 0.5) is 8.78 Å². The summed E-state index contributed by atoms with van der Waals surface area (Å²) in [7, 11) is 0. The first kappa shape index (κ1) is 14.5. The lowest BCUT2D eigenvalue weighted by Crippen LogP contribution is -2.20. The molecule has 0 bridgehead atoms. The Hall–Kier alpha value is -1.46. The second-order valence-corrected chi connectivity index (χ2v) is 5.87. The minimum Gasteiger partial charge on any atom is -0.493 e. The summed E-state index contributed by atoms with van der Waals surface area (Å²) in [6.07, 6.45) is -0.562. The van der Waals surface area contributed by atoms with Gasteiger partial charge in [0.25, 0.3) is 0 Å². The highest BCUT2D eigenvalue weighted by Crippen LogP contribution is 2.42. The Kier molecular flexibility index (Phi) is 3.95. The number of halogens is 3. The highest BCUT2D eigenvalue weighted by Gasteiger charge is 2.30. The minimum absolute atomic E-state index is 0.0302. The van der Waals surface area contributed by atoms with Gasteiger partial charge in [-0.2, -0.15) is 0 Å². The first-order chi connectivity index (χ1) is 10.1. The number of aliphatic hydroxyl groups excluding tert-OH is 1. The molecule has 0 radical (unpaired) electrons. The summed E-state index contributed by atoms with van der Waals surface area (Å²) in [5.74, 6) is -0.846. The first-order valence-electron chi connectivity index (χ1n) is 6.62. The maximum absolute atomic E-state index is 14.0. The molecule has 3 rings (SSSR count). The molecule has 5 heteroatoms. The number of benzene rings is 2. The molecule has 1 aliphatic rings. The highest BCUT2D eigenvalue weighted by molar-refractivity contribution is 9.10. The number of para-hydroxylation sites is 1. The van der Waals surface area contributed by atoms with Crippen molar-refractivity contribution in [3.05, 3.63) is 63.6 Å². The molecule has 2 atom stereocenters. The summed E-state index contributed by atoms with van der Waals surface area (Å²) in [4.78, 5) is 0. The lowest BCUT2D eigenvalue weighted by Gasteiger charge is -2.30. The summed E-state index contributed by atoms with van der Waals surface area (Å²) in [6.45, 7) is 0.444. The Morgan fingerprint density at radius 1 is 1.19 bits per heavy atom. The van der Waals surface area contributed by atoms with Crippen molar-refractivity contribution < 1.29 is 18.6 Å². The number of rotatable bonds is 2. The Labute approximate surface area is 129 Å². The van der Waals surface area contributed by atoms with Gasteiger partial charge in [-0.25, -0.2) is 8.78 Å². The maximum atomic E-state index is 14.0. The fourth-order valence-corrected chi connectivity index (χ4v) is 2.99. The Bertz CT molecular complexity index is 675. The fourth-order valence-electron chi connectivity index (χ4n) is 2.68. The molecule has 2 unspecified atom stereocenters. The first-order valence-corrected chi connectivity index (χ1v) is 7.41. The van der Waals surface area contributed by atoms with E-state index >= 15 is 0 Å². The summed E-state index contributed by atoms with van der Waals surface area (Å²) < 4.78 is 33.2. The maximum Gasteiger partial charge on any atom is 0.137 e. The number of ether oxygens (including phenoxy) is 1.